The van der Waals surface area contributed by atoms with Gasteiger partial charge >= 0.3 is 5.97 Å². The Morgan fingerprint density at radius 1 is 1.09 bits per heavy atom. The van der Waals surface area contributed by atoms with Crippen LogP contribution in [0, 0.1) is 0 Å². The maximum absolute atomic E-state index is 13.0. The van der Waals surface area contributed by atoms with Crippen molar-refractivity contribution in [2.24, 2.45) is 5.10 Å². The van der Waals surface area contributed by atoms with Crippen molar-refractivity contribution < 1.29 is 27.5 Å². The molecule has 1 atom stereocenters. The highest BCUT2D eigenvalue weighted by atomic mass is 35.5. The van der Waals surface area contributed by atoms with Crippen LogP contribution in [0.4, 0.5) is 0 Å². The molecule has 1 aliphatic rings. The first-order chi connectivity index (χ1) is 16.3. The summed E-state index contributed by atoms with van der Waals surface area (Å²) in [5, 5.41) is 13.3. The topological polar surface area (TPSA) is 129 Å². The summed E-state index contributed by atoms with van der Waals surface area (Å²) in [5.74, 6) is -0.700. The lowest BCUT2D eigenvalue weighted by Gasteiger charge is -2.22. The standard InChI is InChI=1S/C23H20ClN3O6S/c24-17-7-10-19(11-8-17)34(31,32)27-13-1-2-20(27)22(28)26-25-14-18-9-12-21(33-18)15-3-5-16(6-4-15)23(29)30/h3-12,14,20H,1-2,13H2,(H,26,28)(H,29,30). The van der Waals surface area contributed by atoms with E-state index >= 15 is 0 Å². The Labute approximate surface area is 200 Å². The smallest absolute Gasteiger partial charge is 0.335 e. The first-order valence-electron chi connectivity index (χ1n) is 10.3. The lowest BCUT2D eigenvalue weighted by molar-refractivity contribution is -0.124. The summed E-state index contributed by atoms with van der Waals surface area (Å²) in [6.45, 7) is 0.231. The molecule has 1 unspecified atom stereocenters. The van der Waals surface area contributed by atoms with Crippen molar-refractivity contribution in [1.82, 2.24) is 9.73 Å². The molecule has 4 rings (SSSR count). The third-order valence-corrected chi connectivity index (χ3v) is 7.51. The molecule has 3 aromatic rings. The van der Waals surface area contributed by atoms with E-state index in [1.165, 1.54) is 46.9 Å². The van der Waals surface area contributed by atoms with Crippen LogP contribution in [0.15, 0.2) is 75.1 Å². The van der Waals surface area contributed by atoms with E-state index in [2.05, 4.69) is 10.5 Å². The van der Waals surface area contributed by atoms with Crippen molar-refractivity contribution in [2.45, 2.75) is 23.8 Å². The fourth-order valence-electron chi connectivity index (χ4n) is 3.62. The Hall–Kier alpha value is -3.47. The second-order valence-corrected chi connectivity index (χ2v) is 9.87. The third-order valence-electron chi connectivity index (χ3n) is 5.34. The van der Waals surface area contributed by atoms with Gasteiger partial charge in [0.1, 0.15) is 17.6 Å². The van der Waals surface area contributed by atoms with Crippen molar-refractivity contribution >= 4 is 39.7 Å². The number of carboxylic acid groups (broad SMARTS) is 1. The summed E-state index contributed by atoms with van der Waals surface area (Å²) in [5.41, 5.74) is 3.23. The maximum Gasteiger partial charge on any atom is 0.335 e. The molecule has 0 bridgehead atoms. The van der Waals surface area contributed by atoms with Gasteiger partial charge in [-0.05, 0) is 61.4 Å². The molecule has 1 amide bonds. The molecular formula is C23H20ClN3O6S. The number of carbonyl (C=O) groups is 2. The van der Waals surface area contributed by atoms with E-state index < -0.39 is 27.9 Å². The number of carbonyl (C=O) groups excluding carboxylic acids is 1. The molecule has 1 saturated heterocycles. The van der Waals surface area contributed by atoms with Gasteiger partial charge in [0.15, 0.2) is 0 Å². The molecule has 2 heterocycles. The van der Waals surface area contributed by atoms with E-state index in [9.17, 15) is 18.0 Å². The van der Waals surface area contributed by atoms with E-state index in [0.29, 0.717) is 34.9 Å². The average molecular weight is 502 g/mol. The third kappa shape index (κ3) is 5.04. The minimum atomic E-state index is -3.86. The summed E-state index contributed by atoms with van der Waals surface area (Å²) in [6.07, 6.45) is 2.24. The zero-order valence-corrected chi connectivity index (χ0v) is 19.3. The SMILES string of the molecule is O=C(O)c1ccc(-c2ccc(C=NNC(=O)C3CCCN3S(=O)(=O)c3ccc(Cl)cc3)o2)cc1. The zero-order valence-electron chi connectivity index (χ0n) is 17.7. The van der Waals surface area contributed by atoms with Gasteiger partial charge in [-0.25, -0.2) is 18.6 Å². The first-order valence-corrected chi connectivity index (χ1v) is 12.1. The molecule has 0 spiro atoms. The van der Waals surface area contributed by atoms with Gasteiger partial charge in [0.25, 0.3) is 5.91 Å². The Bertz CT molecular complexity index is 1330. The Morgan fingerprint density at radius 3 is 2.47 bits per heavy atom. The van der Waals surface area contributed by atoms with Crippen molar-refractivity contribution in [3.05, 3.63) is 77.0 Å². The lowest BCUT2D eigenvalue weighted by Crippen LogP contribution is -2.44. The van der Waals surface area contributed by atoms with Gasteiger partial charge in [-0.1, -0.05) is 23.7 Å². The van der Waals surface area contributed by atoms with Gasteiger partial charge in [0.05, 0.1) is 16.7 Å². The predicted molar refractivity (Wildman–Crippen MR) is 125 cm³/mol. The maximum atomic E-state index is 13.0. The zero-order chi connectivity index (χ0) is 24.3. The van der Waals surface area contributed by atoms with Gasteiger partial charge < -0.3 is 9.52 Å². The molecule has 0 saturated carbocycles. The second kappa shape index (κ2) is 9.80. The van der Waals surface area contributed by atoms with E-state index in [4.69, 9.17) is 21.1 Å². The number of hydrazone groups is 1. The number of hydrogen-bond acceptors (Lipinski definition) is 6. The summed E-state index contributed by atoms with van der Waals surface area (Å²) in [7, 11) is -3.86. The summed E-state index contributed by atoms with van der Waals surface area (Å²) < 4.78 is 32.8. The number of amides is 1. The highest BCUT2D eigenvalue weighted by Gasteiger charge is 2.39. The van der Waals surface area contributed by atoms with Gasteiger partial charge in [-0.3, -0.25) is 4.79 Å². The number of sulfonamides is 1. The molecule has 34 heavy (non-hydrogen) atoms. The number of nitrogens with zero attached hydrogens (tertiary/aromatic N) is 2. The van der Waals surface area contributed by atoms with E-state index in [1.54, 1.807) is 24.3 Å². The molecule has 9 nitrogen and oxygen atoms in total. The monoisotopic (exact) mass is 501 g/mol. The average Bonchev–Trinajstić information content (AvgIpc) is 3.50. The lowest BCUT2D eigenvalue weighted by atomic mass is 10.1. The molecular weight excluding hydrogens is 482 g/mol. The van der Waals surface area contributed by atoms with Crippen molar-refractivity contribution in [3.63, 3.8) is 0 Å². The molecule has 2 N–H and O–H groups in total. The van der Waals surface area contributed by atoms with Crippen LogP contribution < -0.4 is 5.43 Å². The van der Waals surface area contributed by atoms with Crippen LogP contribution in [0.2, 0.25) is 5.02 Å². The number of hydrogen-bond donors (Lipinski definition) is 2. The highest BCUT2D eigenvalue weighted by molar-refractivity contribution is 7.89. The van der Waals surface area contributed by atoms with Gasteiger partial charge in [-0.2, -0.15) is 9.41 Å². The van der Waals surface area contributed by atoms with Crippen molar-refractivity contribution in [2.75, 3.05) is 6.54 Å². The minimum Gasteiger partial charge on any atom is -0.478 e. The second-order valence-electron chi connectivity index (χ2n) is 7.55. The first kappa shape index (κ1) is 23.7. The highest BCUT2D eigenvalue weighted by Crippen LogP contribution is 2.27. The van der Waals surface area contributed by atoms with E-state index in [0.717, 1.165) is 0 Å². The fourth-order valence-corrected chi connectivity index (χ4v) is 5.40. The van der Waals surface area contributed by atoms with E-state index in [1.807, 2.05) is 0 Å². The van der Waals surface area contributed by atoms with Crippen LogP contribution in [-0.4, -0.2) is 48.5 Å². The summed E-state index contributed by atoms with van der Waals surface area (Å²) in [6, 6.07) is 14.4. The van der Waals surface area contributed by atoms with Gasteiger partial charge in [0.2, 0.25) is 10.0 Å². The molecule has 1 fully saturated rings. The molecule has 176 valence electrons. The molecule has 1 aliphatic heterocycles. The quantitative estimate of drug-likeness (QED) is 0.376. The van der Waals surface area contributed by atoms with Crippen LogP contribution in [0.3, 0.4) is 0 Å². The molecule has 2 aromatic carbocycles. The molecule has 0 radical (unpaired) electrons. The molecule has 0 aliphatic carbocycles. The van der Waals surface area contributed by atoms with Crippen LogP contribution >= 0.6 is 11.6 Å². The van der Waals surface area contributed by atoms with Gasteiger partial charge in [-0.15, -0.1) is 0 Å². The van der Waals surface area contributed by atoms with E-state index in [-0.39, 0.29) is 17.0 Å². The largest absolute Gasteiger partial charge is 0.478 e. The summed E-state index contributed by atoms with van der Waals surface area (Å²) >= 11 is 5.84. The summed E-state index contributed by atoms with van der Waals surface area (Å²) in [4.78, 5) is 23.7. The Kier molecular flexibility index (Phi) is 6.82. The minimum absolute atomic E-state index is 0.0691. The Morgan fingerprint density at radius 2 is 1.79 bits per heavy atom. The number of rotatable bonds is 7. The van der Waals surface area contributed by atoms with Crippen molar-refractivity contribution in [1.29, 1.82) is 0 Å². The predicted octanol–water partition coefficient (Wildman–Crippen LogP) is 3.60. The molecule has 11 heteroatoms. The van der Waals surface area contributed by atoms with Gasteiger partial charge in [0, 0.05) is 17.1 Å². The number of furan rings is 1. The normalized spacial score (nSPS) is 16.7. The number of nitrogens with one attached hydrogen (secondary N) is 1. The number of benzene rings is 2. The number of aromatic carboxylic acids is 1. The van der Waals surface area contributed by atoms with Crippen LogP contribution in [0.25, 0.3) is 11.3 Å². The Balaban J connectivity index is 1.41. The van der Waals surface area contributed by atoms with Crippen LogP contribution in [0.5, 0.6) is 0 Å². The van der Waals surface area contributed by atoms with Crippen LogP contribution in [0.1, 0.15) is 29.0 Å². The molecule has 1 aromatic heterocycles. The van der Waals surface area contributed by atoms with Crippen LogP contribution in [-0.2, 0) is 14.8 Å². The number of carboxylic acids is 1. The van der Waals surface area contributed by atoms with Crippen molar-refractivity contribution in [3.8, 4) is 11.3 Å². The fraction of sp³-hybridized carbons (Fsp3) is 0.174. The number of halogens is 1.